The van der Waals surface area contributed by atoms with Gasteiger partial charge in [-0.3, -0.25) is 4.99 Å². The van der Waals surface area contributed by atoms with Crippen LogP contribution in [-0.4, -0.2) is 24.0 Å². The van der Waals surface area contributed by atoms with E-state index in [1.807, 2.05) is 31.2 Å². The summed E-state index contributed by atoms with van der Waals surface area (Å²) in [6.07, 6.45) is 2.25. The zero-order chi connectivity index (χ0) is 20.4. The van der Waals surface area contributed by atoms with E-state index in [0.717, 1.165) is 11.3 Å². The molecular formula is C22H22F2N4O. The molecule has 4 rings (SSSR count). The number of aromatic nitrogens is 1. The van der Waals surface area contributed by atoms with Gasteiger partial charge in [-0.05, 0) is 37.6 Å². The number of aryl methyl sites for hydroxylation is 1. The highest BCUT2D eigenvalue weighted by Crippen LogP contribution is 2.43. The third-order valence-corrected chi connectivity index (χ3v) is 4.99. The van der Waals surface area contributed by atoms with Crippen molar-refractivity contribution in [3.8, 4) is 11.5 Å². The number of aliphatic imine (C=N–C) groups is 1. The van der Waals surface area contributed by atoms with Gasteiger partial charge < -0.3 is 15.1 Å². The fraction of sp³-hybridized carbons (Fsp3) is 0.273. The Hall–Kier alpha value is -3.22. The number of nitrogens with one attached hydrogen (secondary N) is 2. The number of benzene rings is 2. The second-order valence-electron chi connectivity index (χ2n) is 7.16. The minimum absolute atomic E-state index is 0.0620. The fourth-order valence-corrected chi connectivity index (χ4v) is 3.30. The van der Waals surface area contributed by atoms with Gasteiger partial charge in [-0.1, -0.05) is 23.8 Å². The van der Waals surface area contributed by atoms with Crippen molar-refractivity contribution in [3.63, 3.8) is 0 Å². The number of hydrogen-bond donors (Lipinski definition) is 2. The molecule has 3 aromatic rings. The second kappa shape index (κ2) is 8.03. The van der Waals surface area contributed by atoms with Crippen LogP contribution in [0.3, 0.4) is 0 Å². The highest BCUT2D eigenvalue weighted by atomic mass is 19.1. The molecule has 0 radical (unpaired) electrons. The maximum atomic E-state index is 13.9. The van der Waals surface area contributed by atoms with Crippen LogP contribution in [0, 0.1) is 18.6 Å². The maximum Gasteiger partial charge on any atom is 0.226 e. The lowest BCUT2D eigenvalue weighted by Gasteiger charge is -2.11. The lowest BCUT2D eigenvalue weighted by Crippen LogP contribution is -2.38. The van der Waals surface area contributed by atoms with Crippen LogP contribution in [0.2, 0.25) is 0 Å². The fourth-order valence-electron chi connectivity index (χ4n) is 3.30. The van der Waals surface area contributed by atoms with Crippen molar-refractivity contribution in [1.82, 2.24) is 15.6 Å². The Morgan fingerprint density at radius 1 is 1.17 bits per heavy atom. The van der Waals surface area contributed by atoms with Crippen LogP contribution in [0.25, 0.3) is 11.5 Å². The average Bonchev–Trinajstić information content (AvgIpc) is 3.28. The summed E-state index contributed by atoms with van der Waals surface area (Å²) >= 11 is 0. The summed E-state index contributed by atoms with van der Waals surface area (Å²) in [5, 5.41) is 6.37. The Bertz CT molecular complexity index is 1010. The highest BCUT2D eigenvalue weighted by molar-refractivity contribution is 5.80. The molecule has 0 aliphatic heterocycles. The Morgan fingerprint density at radius 3 is 2.59 bits per heavy atom. The van der Waals surface area contributed by atoms with E-state index >= 15 is 0 Å². The van der Waals surface area contributed by atoms with Gasteiger partial charge in [0.25, 0.3) is 0 Å². The van der Waals surface area contributed by atoms with Crippen molar-refractivity contribution in [2.45, 2.75) is 31.8 Å². The number of halogens is 2. The molecule has 7 heteroatoms. The summed E-state index contributed by atoms with van der Waals surface area (Å²) in [5.74, 6) is -0.104. The van der Waals surface area contributed by atoms with Gasteiger partial charge in [-0.15, -0.1) is 0 Å². The molecule has 1 fully saturated rings. The number of nitrogens with zero attached hydrogens (tertiary/aromatic N) is 2. The van der Waals surface area contributed by atoms with E-state index in [-0.39, 0.29) is 17.5 Å². The molecule has 2 aromatic carbocycles. The molecule has 2 unspecified atom stereocenters. The molecule has 150 valence electrons. The van der Waals surface area contributed by atoms with Crippen LogP contribution in [0.15, 0.2) is 58.1 Å². The van der Waals surface area contributed by atoms with Crippen LogP contribution < -0.4 is 10.6 Å². The predicted octanol–water partition coefficient (Wildman–Crippen LogP) is 4.15. The zero-order valence-corrected chi connectivity index (χ0v) is 16.2. The quantitative estimate of drug-likeness (QED) is 0.502. The predicted molar refractivity (Wildman–Crippen MR) is 108 cm³/mol. The molecule has 29 heavy (non-hydrogen) atoms. The van der Waals surface area contributed by atoms with Crippen molar-refractivity contribution < 1.29 is 13.2 Å². The summed E-state index contributed by atoms with van der Waals surface area (Å²) < 4.78 is 33.4. The van der Waals surface area contributed by atoms with E-state index in [4.69, 9.17) is 4.42 Å². The van der Waals surface area contributed by atoms with Crippen molar-refractivity contribution >= 4 is 5.96 Å². The Kier molecular flexibility index (Phi) is 5.29. The van der Waals surface area contributed by atoms with Gasteiger partial charge in [0.15, 0.2) is 5.96 Å². The minimum Gasteiger partial charge on any atom is -0.444 e. The van der Waals surface area contributed by atoms with E-state index in [9.17, 15) is 8.78 Å². The molecule has 5 nitrogen and oxygen atoms in total. The van der Waals surface area contributed by atoms with Crippen LogP contribution in [0.1, 0.15) is 29.2 Å². The van der Waals surface area contributed by atoms with Crippen LogP contribution >= 0.6 is 0 Å². The van der Waals surface area contributed by atoms with Gasteiger partial charge >= 0.3 is 0 Å². The first kappa shape index (κ1) is 19.1. The molecule has 0 spiro atoms. The lowest BCUT2D eigenvalue weighted by molar-refractivity contribution is 0.553. The highest BCUT2D eigenvalue weighted by Gasteiger charge is 2.42. The second-order valence-corrected chi connectivity index (χ2v) is 7.16. The molecule has 2 atom stereocenters. The average molecular weight is 396 g/mol. The number of rotatable bonds is 5. The smallest absolute Gasteiger partial charge is 0.226 e. The van der Waals surface area contributed by atoms with Crippen molar-refractivity contribution in [1.29, 1.82) is 0 Å². The standard InChI is InChI=1S/C22H22F2N4O/c1-13-6-8-14(9-7-13)21-27-15(12-29-21)11-26-22(25-2)28-19-10-16(19)20-17(23)4-3-5-18(20)24/h3-9,12,16,19H,10-11H2,1-2H3,(H2,25,26,28). The first-order valence-corrected chi connectivity index (χ1v) is 9.47. The molecule has 1 aromatic heterocycles. The van der Waals surface area contributed by atoms with Crippen molar-refractivity contribution in [2.24, 2.45) is 4.99 Å². The van der Waals surface area contributed by atoms with Gasteiger partial charge in [-0.25, -0.2) is 13.8 Å². The van der Waals surface area contributed by atoms with Gasteiger partial charge in [0.1, 0.15) is 17.9 Å². The summed E-state index contributed by atoms with van der Waals surface area (Å²) in [6.45, 7) is 2.44. The summed E-state index contributed by atoms with van der Waals surface area (Å²) in [6, 6.07) is 11.8. The van der Waals surface area contributed by atoms with E-state index in [2.05, 4.69) is 20.6 Å². The molecule has 0 bridgehead atoms. The van der Waals surface area contributed by atoms with E-state index in [0.29, 0.717) is 24.8 Å². The molecule has 2 N–H and O–H groups in total. The Morgan fingerprint density at radius 2 is 1.90 bits per heavy atom. The van der Waals surface area contributed by atoms with E-state index < -0.39 is 11.6 Å². The first-order chi connectivity index (χ1) is 14.0. The largest absolute Gasteiger partial charge is 0.444 e. The molecule has 1 saturated carbocycles. The summed E-state index contributed by atoms with van der Waals surface area (Å²) in [7, 11) is 1.65. The lowest BCUT2D eigenvalue weighted by atomic mass is 10.1. The van der Waals surface area contributed by atoms with Crippen LogP contribution in [-0.2, 0) is 6.54 Å². The monoisotopic (exact) mass is 396 g/mol. The molecule has 0 saturated heterocycles. The third kappa shape index (κ3) is 4.29. The van der Waals surface area contributed by atoms with E-state index in [1.54, 1.807) is 13.3 Å². The van der Waals surface area contributed by atoms with E-state index in [1.165, 1.54) is 23.8 Å². The molecular weight excluding hydrogens is 374 g/mol. The molecule has 0 amide bonds. The molecule has 1 aliphatic rings. The van der Waals surface area contributed by atoms with Gasteiger partial charge in [-0.2, -0.15) is 0 Å². The maximum absolute atomic E-state index is 13.9. The summed E-state index contributed by atoms with van der Waals surface area (Å²) in [4.78, 5) is 8.67. The topological polar surface area (TPSA) is 62.5 Å². The van der Waals surface area contributed by atoms with Gasteiger partial charge in [0, 0.05) is 30.1 Å². The van der Waals surface area contributed by atoms with Crippen LogP contribution in [0.5, 0.6) is 0 Å². The van der Waals surface area contributed by atoms with Crippen molar-refractivity contribution in [2.75, 3.05) is 7.05 Å². The number of oxazole rings is 1. The third-order valence-electron chi connectivity index (χ3n) is 4.99. The first-order valence-electron chi connectivity index (χ1n) is 9.47. The minimum atomic E-state index is -0.506. The molecule has 1 aliphatic carbocycles. The van der Waals surface area contributed by atoms with Gasteiger partial charge in [0.2, 0.25) is 5.89 Å². The van der Waals surface area contributed by atoms with Gasteiger partial charge in [0.05, 0.1) is 12.2 Å². The summed E-state index contributed by atoms with van der Waals surface area (Å²) in [5.41, 5.74) is 2.96. The number of guanidine groups is 1. The normalized spacial score (nSPS) is 18.6. The van der Waals surface area contributed by atoms with Crippen LogP contribution in [0.4, 0.5) is 8.78 Å². The Balaban J connectivity index is 1.34. The van der Waals surface area contributed by atoms with Crippen molar-refractivity contribution in [3.05, 3.63) is 77.2 Å². The molecule has 1 heterocycles. The SMILES string of the molecule is CN=C(NCc1coc(-c2ccc(C)cc2)n1)NC1CC1c1c(F)cccc1F. The number of hydrogen-bond acceptors (Lipinski definition) is 3. The zero-order valence-electron chi connectivity index (χ0n) is 16.2. The Labute approximate surface area is 167 Å².